The van der Waals surface area contributed by atoms with E-state index in [2.05, 4.69) is 10.4 Å². The van der Waals surface area contributed by atoms with Gasteiger partial charge in [-0.2, -0.15) is 5.10 Å². The van der Waals surface area contributed by atoms with Crippen LogP contribution < -0.4 is 11.1 Å². The van der Waals surface area contributed by atoms with Crippen LogP contribution in [0.25, 0.3) is 0 Å². The average Bonchev–Trinajstić information content (AvgIpc) is 2.92. The third-order valence-electron chi connectivity index (χ3n) is 4.31. The smallest absolute Gasteiger partial charge is 0.220 e. The highest BCUT2D eigenvalue weighted by Gasteiger charge is 2.33. The fourth-order valence-corrected chi connectivity index (χ4v) is 3.16. The van der Waals surface area contributed by atoms with Crippen LogP contribution in [0.1, 0.15) is 45.4 Å². The Bertz CT molecular complexity index is 410. The van der Waals surface area contributed by atoms with E-state index in [0.717, 1.165) is 12.8 Å². The van der Waals surface area contributed by atoms with Crippen LogP contribution in [-0.2, 0) is 11.3 Å². The van der Waals surface area contributed by atoms with Crippen LogP contribution in [0.3, 0.4) is 0 Å². The molecule has 0 aliphatic heterocycles. The number of hydrogen-bond acceptors (Lipinski definition) is 3. The van der Waals surface area contributed by atoms with E-state index >= 15 is 0 Å². The number of hydrogen-bond donors (Lipinski definition) is 2. The number of nitrogens with zero attached hydrogens (tertiary/aromatic N) is 2. The molecule has 1 aromatic heterocycles. The number of nitrogens with one attached hydrogen (secondary N) is 1. The molecule has 0 bridgehead atoms. The lowest BCUT2D eigenvalue weighted by molar-refractivity contribution is -0.124. The third kappa shape index (κ3) is 4.07. The third-order valence-corrected chi connectivity index (χ3v) is 4.31. The number of aromatic nitrogens is 2. The molecule has 1 aliphatic carbocycles. The topological polar surface area (TPSA) is 72.9 Å². The molecule has 1 atom stereocenters. The molecule has 20 heavy (non-hydrogen) atoms. The van der Waals surface area contributed by atoms with Crippen molar-refractivity contribution in [3.8, 4) is 0 Å². The maximum atomic E-state index is 12.2. The maximum Gasteiger partial charge on any atom is 0.220 e. The van der Waals surface area contributed by atoms with Crippen molar-refractivity contribution in [2.75, 3.05) is 6.54 Å². The number of carbonyl (C=O) groups is 1. The molecule has 0 aromatic carbocycles. The van der Waals surface area contributed by atoms with Gasteiger partial charge >= 0.3 is 0 Å². The Morgan fingerprint density at radius 2 is 2.20 bits per heavy atom. The molecule has 0 saturated heterocycles. The van der Waals surface area contributed by atoms with E-state index in [1.807, 2.05) is 23.9 Å². The molecule has 1 heterocycles. The quantitative estimate of drug-likeness (QED) is 0.831. The zero-order valence-electron chi connectivity index (χ0n) is 12.3. The van der Waals surface area contributed by atoms with Gasteiger partial charge in [0, 0.05) is 24.9 Å². The second kappa shape index (κ2) is 6.88. The molecule has 1 fully saturated rings. The zero-order valence-corrected chi connectivity index (χ0v) is 12.3. The first-order valence-corrected chi connectivity index (χ1v) is 7.60. The molecule has 5 heteroatoms. The average molecular weight is 278 g/mol. The molecule has 0 spiro atoms. The normalized spacial score (nSPS) is 19.5. The van der Waals surface area contributed by atoms with Crippen LogP contribution >= 0.6 is 0 Å². The summed E-state index contributed by atoms with van der Waals surface area (Å²) in [5, 5.41) is 7.22. The molecule has 5 nitrogen and oxygen atoms in total. The van der Waals surface area contributed by atoms with Gasteiger partial charge in [0.25, 0.3) is 0 Å². The van der Waals surface area contributed by atoms with Crippen molar-refractivity contribution in [3.05, 3.63) is 18.5 Å². The first-order chi connectivity index (χ1) is 9.63. The summed E-state index contributed by atoms with van der Waals surface area (Å²) in [6.07, 6.45) is 10.1. The summed E-state index contributed by atoms with van der Waals surface area (Å²) in [5.74, 6) is 0.122. The minimum atomic E-state index is 0.0355. The molecular formula is C15H26N4O. The lowest BCUT2D eigenvalue weighted by Crippen LogP contribution is -2.42. The van der Waals surface area contributed by atoms with Crippen LogP contribution in [0.5, 0.6) is 0 Å². The molecular weight excluding hydrogens is 252 g/mol. The number of amides is 1. The van der Waals surface area contributed by atoms with Gasteiger partial charge in [0.05, 0.1) is 6.54 Å². The lowest BCUT2D eigenvalue weighted by atomic mass is 9.71. The lowest BCUT2D eigenvalue weighted by Gasteiger charge is -2.36. The molecule has 1 aliphatic rings. The fraction of sp³-hybridized carbons (Fsp3) is 0.733. The largest absolute Gasteiger partial charge is 0.352 e. The van der Waals surface area contributed by atoms with Crippen LogP contribution in [0, 0.1) is 5.41 Å². The Morgan fingerprint density at radius 3 is 2.80 bits per heavy atom. The Labute approximate surface area is 120 Å². The summed E-state index contributed by atoms with van der Waals surface area (Å²) >= 11 is 0. The summed E-state index contributed by atoms with van der Waals surface area (Å²) in [6.45, 7) is 3.33. The van der Waals surface area contributed by atoms with Gasteiger partial charge in [-0.05, 0) is 37.8 Å². The standard InChI is InChI=1S/C15H26N4O/c1-13(11-19-9-5-8-17-19)18-14(20)10-15(12-16)6-3-2-4-7-15/h5,8-9,13H,2-4,6-7,10-12,16H2,1H3,(H,18,20). The van der Waals surface area contributed by atoms with Gasteiger partial charge in [-0.1, -0.05) is 19.3 Å². The van der Waals surface area contributed by atoms with Crippen molar-refractivity contribution >= 4 is 5.91 Å². The van der Waals surface area contributed by atoms with Gasteiger partial charge in [-0.15, -0.1) is 0 Å². The molecule has 0 radical (unpaired) electrons. The molecule has 2 rings (SSSR count). The predicted molar refractivity (Wildman–Crippen MR) is 79.0 cm³/mol. The highest BCUT2D eigenvalue weighted by Crippen LogP contribution is 2.38. The van der Waals surface area contributed by atoms with Crippen molar-refractivity contribution in [2.24, 2.45) is 11.1 Å². The Hall–Kier alpha value is -1.36. The predicted octanol–water partition coefficient (Wildman–Crippen LogP) is 1.69. The number of carbonyl (C=O) groups excluding carboxylic acids is 1. The molecule has 1 saturated carbocycles. The van der Waals surface area contributed by atoms with E-state index in [9.17, 15) is 4.79 Å². The van der Waals surface area contributed by atoms with Gasteiger partial charge in [0.15, 0.2) is 0 Å². The summed E-state index contributed by atoms with van der Waals surface area (Å²) < 4.78 is 1.84. The van der Waals surface area contributed by atoms with Gasteiger partial charge in [0.1, 0.15) is 0 Å². The Kier molecular flexibility index (Phi) is 5.17. The monoisotopic (exact) mass is 278 g/mol. The van der Waals surface area contributed by atoms with Gasteiger partial charge in [-0.3, -0.25) is 9.48 Å². The van der Waals surface area contributed by atoms with E-state index < -0.39 is 0 Å². The molecule has 3 N–H and O–H groups in total. The van der Waals surface area contributed by atoms with Crippen LogP contribution in [-0.4, -0.2) is 28.3 Å². The van der Waals surface area contributed by atoms with Crippen LogP contribution in [0.2, 0.25) is 0 Å². The van der Waals surface area contributed by atoms with Crippen LogP contribution in [0.15, 0.2) is 18.5 Å². The summed E-state index contributed by atoms with van der Waals surface area (Å²) in [6, 6.07) is 1.97. The summed E-state index contributed by atoms with van der Waals surface area (Å²) in [5.41, 5.74) is 5.97. The van der Waals surface area contributed by atoms with Crippen molar-refractivity contribution in [2.45, 2.75) is 58.0 Å². The first-order valence-electron chi connectivity index (χ1n) is 7.60. The molecule has 112 valence electrons. The van der Waals surface area contributed by atoms with E-state index in [4.69, 9.17) is 5.73 Å². The van der Waals surface area contributed by atoms with E-state index in [1.165, 1.54) is 19.3 Å². The van der Waals surface area contributed by atoms with Crippen molar-refractivity contribution < 1.29 is 4.79 Å². The van der Waals surface area contributed by atoms with Crippen molar-refractivity contribution in [1.82, 2.24) is 15.1 Å². The summed E-state index contributed by atoms with van der Waals surface area (Å²) in [7, 11) is 0. The van der Waals surface area contributed by atoms with Crippen molar-refractivity contribution in [1.29, 1.82) is 0 Å². The highest BCUT2D eigenvalue weighted by atomic mass is 16.1. The molecule has 1 aromatic rings. The van der Waals surface area contributed by atoms with E-state index in [0.29, 0.717) is 19.5 Å². The Balaban J connectivity index is 1.81. The second-order valence-electron chi connectivity index (χ2n) is 6.14. The Morgan fingerprint density at radius 1 is 1.45 bits per heavy atom. The van der Waals surface area contributed by atoms with Crippen molar-refractivity contribution in [3.63, 3.8) is 0 Å². The maximum absolute atomic E-state index is 12.2. The van der Waals surface area contributed by atoms with E-state index in [1.54, 1.807) is 6.20 Å². The number of nitrogens with two attached hydrogens (primary N) is 1. The first kappa shape index (κ1) is 15.0. The van der Waals surface area contributed by atoms with E-state index in [-0.39, 0.29) is 17.4 Å². The minimum Gasteiger partial charge on any atom is -0.352 e. The molecule has 1 amide bonds. The zero-order chi connectivity index (χ0) is 14.4. The fourth-order valence-electron chi connectivity index (χ4n) is 3.16. The number of rotatable bonds is 6. The second-order valence-corrected chi connectivity index (χ2v) is 6.14. The van der Waals surface area contributed by atoms with Gasteiger partial charge in [-0.25, -0.2) is 0 Å². The SMILES string of the molecule is CC(Cn1cccn1)NC(=O)CC1(CN)CCCCC1. The minimum absolute atomic E-state index is 0.0355. The van der Waals surface area contributed by atoms with Gasteiger partial charge in [0.2, 0.25) is 5.91 Å². The summed E-state index contributed by atoms with van der Waals surface area (Å²) in [4.78, 5) is 12.2. The highest BCUT2D eigenvalue weighted by molar-refractivity contribution is 5.77. The molecule has 1 unspecified atom stereocenters. The van der Waals surface area contributed by atoms with Crippen LogP contribution in [0.4, 0.5) is 0 Å². The van der Waals surface area contributed by atoms with Gasteiger partial charge < -0.3 is 11.1 Å².